The molecule has 2 aromatic carbocycles. The fourth-order valence-corrected chi connectivity index (χ4v) is 4.93. The van der Waals surface area contributed by atoms with Gasteiger partial charge in [0.15, 0.2) is 0 Å². The number of carbonyl (C=O) groups excluding carboxylic acids is 1. The highest BCUT2D eigenvalue weighted by Crippen LogP contribution is 2.34. The molecular weight excluding hydrogens is 410 g/mol. The SMILES string of the molecule is CN1C[C@@H]2CCN(c3ccc(NC(=O)Cn4ccc(-c5ccc(Cl)cc5)n4)cc3)[C@@H]2C1. The Bertz CT molecular complexity index is 1060. The summed E-state index contributed by atoms with van der Waals surface area (Å²) in [6, 6.07) is 18.2. The van der Waals surface area contributed by atoms with Crippen LogP contribution in [0.3, 0.4) is 0 Å². The topological polar surface area (TPSA) is 53.4 Å². The number of likely N-dealkylation sites (N-methyl/N-ethyl adjacent to an activating group) is 1. The van der Waals surface area contributed by atoms with Crippen molar-refractivity contribution >= 4 is 28.9 Å². The van der Waals surface area contributed by atoms with Crippen molar-refractivity contribution in [1.29, 1.82) is 0 Å². The molecule has 0 aliphatic carbocycles. The molecule has 2 saturated heterocycles. The molecule has 1 aromatic heterocycles. The van der Waals surface area contributed by atoms with Crippen molar-refractivity contribution in [3.63, 3.8) is 0 Å². The van der Waals surface area contributed by atoms with Crippen LogP contribution in [0.2, 0.25) is 5.02 Å². The summed E-state index contributed by atoms with van der Waals surface area (Å²) >= 11 is 5.94. The van der Waals surface area contributed by atoms with Gasteiger partial charge in [-0.3, -0.25) is 9.48 Å². The lowest BCUT2D eigenvalue weighted by atomic mass is 10.0. The molecule has 2 aliphatic heterocycles. The van der Waals surface area contributed by atoms with Crippen LogP contribution in [0.25, 0.3) is 11.3 Å². The van der Waals surface area contributed by atoms with Crippen molar-refractivity contribution in [3.8, 4) is 11.3 Å². The Kier molecular flexibility index (Phi) is 5.42. The first-order chi connectivity index (χ1) is 15.0. The lowest BCUT2D eigenvalue weighted by Gasteiger charge is -2.26. The minimum absolute atomic E-state index is 0.0999. The molecule has 160 valence electrons. The van der Waals surface area contributed by atoms with Crippen molar-refractivity contribution in [3.05, 3.63) is 65.8 Å². The average molecular weight is 436 g/mol. The summed E-state index contributed by atoms with van der Waals surface area (Å²) < 4.78 is 1.65. The van der Waals surface area contributed by atoms with Gasteiger partial charge in [0.2, 0.25) is 5.91 Å². The van der Waals surface area contributed by atoms with Gasteiger partial charge in [-0.05, 0) is 61.9 Å². The number of rotatable bonds is 5. The summed E-state index contributed by atoms with van der Waals surface area (Å²) in [5.74, 6) is 0.674. The van der Waals surface area contributed by atoms with Gasteiger partial charge in [0.05, 0.1) is 5.69 Å². The fraction of sp³-hybridized carbons (Fsp3) is 0.333. The highest BCUT2D eigenvalue weighted by atomic mass is 35.5. The van der Waals surface area contributed by atoms with E-state index < -0.39 is 0 Å². The number of benzene rings is 2. The van der Waals surface area contributed by atoms with E-state index in [4.69, 9.17) is 11.6 Å². The highest BCUT2D eigenvalue weighted by molar-refractivity contribution is 6.30. The number of likely N-dealkylation sites (tertiary alicyclic amines) is 1. The summed E-state index contributed by atoms with van der Waals surface area (Å²) in [6.45, 7) is 3.61. The zero-order valence-electron chi connectivity index (χ0n) is 17.5. The van der Waals surface area contributed by atoms with Gasteiger partial charge in [0, 0.05) is 53.8 Å². The van der Waals surface area contributed by atoms with Crippen LogP contribution in [0.5, 0.6) is 0 Å². The van der Waals surface area contributed by atoms with Crippen molar-refractivity contribution in [2.24, 2.45) is 5.92 Å². The van der Waals surface area contributed by atoms with E-state index in [2.05, 4.69) is 39.4 Å². The molecule has 2 atom stereocenters. The van der Waals surface area contributed by atoms with Crippen LogP contribution < -0.4 is 10.2 Å². The molecular formula is C24H26ClN5O. The largest absolute Gasteiger partial charge is 0.367 e. The van der Waals surface area contributed by atoms with E-state index in [1.54, 1.807) is 4.68 Å². The second kappa shape index (κ2) is 8.36. The molecule has 7 heteroatoms. The maximum Gasteiger partial charge on any atom is 0.246 e. The molecule has 2 fully saturated rings. The van der Waals surface area contributed by atoms with Crippen LogP contribution in [-0.4, -0.2) is 53.3 Å². The number of aromatic nitrogens is 2. The highest BCUT2D eigenvalue weighted by Gasteiger charge is 2.39. The minimum Gasteiger partial charge on any atom is -0.367 e. The first-order valence-corrected chi connectivity index (χ1v) is 11.1. The Morgan fingerprint density at radius 1 is 1.10 bits per heavy atom. The van der Waals surface area contributed by atoms with Crippen molar-refractivity contribution < 1.29 is 4.79 Å². The van der Waals surface area contributed by atoms with Gasteiger partial charge in [0.25, 0.3) is 0 Å². The van der Waals surface area contributed by atoms with Crippen LogP contribution in [0.4, 0.5) is 11.4 Å². The number of anilines is 2. The standard InChI is InChI=1S/C24H26ClN5O/c1-28-14-18-10-13-30(23(18)15-28)21-8-6-20(7-9-21)26-24(31)16-29-12-11-22(27-29)17-2-4-19(25)5-3-17/h2-9,11-12,18,23H,10,13-16H2,1H3,(H,26,31)/t18-,23+/m0/s1. The van der Waals surface area contributed by atoms with Gasteiger partial charge in [-0.2, -0.15) is 5.10 Å². The predicted octanol–water partition coefficient (Wildman–Crippen LogP) is 3.98. The Balaban J connectivity index is 1.19. The van der Waals surface area contributed by atoms with Gasteiger partial charge in [0.1, 0.15) is 6.54 Å². The average Bonchev–Trinajstić information content (AvgIpc) is 3.45. The molecule has 0 unspecified atom stereocenters. The number of nitrogens with zero attached hydrogens (tertiary/aromatic N) is 4. The molecule has 1 amide bonds. The van der Waals surface area contributed by atoms with Gasteiger partial charge in [-0.1, -0.05) is 23.7 Å². The summed E-state index contributed by atoms with van der Waals surface area (Å²) in [5.41, 5.74) is 3.82. The summed E-state index contributed by atoms with van der Waals surface area (Å²) in [7, 11) is 2.20. The zero-order valence-corrected chi connectivity index (χ0v) is 18.3. The van der Waals surface area contributed by atoms with E-state index in [9.17, 15) is 4.79 Å². The van der Waals surface area contributed by atoms with Crippen LogP contribution >= 0.6 is 11.6 Å². The first kappa shape index (κ1) is 20.1. The van der Waals surface area contributed by atoms with E-state index in [0.29, 0.717) is 11.1 Å². The van der Waals surface area contributed by atoms with E-state index in [1.165, 1.54) is 18.7 Å². The Morgan fingerprint density at radius 2 is 1.87 bits per heavy atom. The van der Waals surface area contributed by atoms with Crippen molar-refractivity contribution in [2.75, 3.05) is 36.9 Å². The maximum atomic E-state index is 12.5. The summed E-state index contributed by atoms with van der Waals surface area (Å²) in [5, 5.41) is 8.16. The van der Waals surface area contributed by atoms with E-state index in [1.807, 2.05) is 48.7 Å². The number of hydrogen-bond acceptors (Lipinski definition) is 4. The monoisotopic (exact) mass is 435 g/mol. The molecule has 1 N–H and O–H groups in total. The van der Waals surface area contributed by atoms with Crippen LogP contribution in [0.15, 0.2) is 60.8 Å². The molecule has 0 bridgehead atoms. The second-order valence-electron chi connectivity index (χ2n) is 8.53. The molecule has 6 nitrogen and oxygen atoms in total. The number of nitrogens with one attached hydrogen (secondary N) is 1. The Hall–Kier alpha value is -2.83. The summed E-state index contributed by atoms with van der Waals surface area (Å²) in [6.07, 6.45) is 3.07. The Morgan fingerprint density at radius 3 is 2.65 bits per heavy atom. The molecule has 31 heavy (non-hydrogen) atoms. The van der Waals surface area contributed by atoms with Crippen LogP contribution in [0.1, 0.15) is 6.42 Å². The fourth-order valence-electron chi connectivity index (χ4n) is 4.80. The van der Waals surface area contributed by atoms with E-state index in [0.717, 1.165) is 36.0 Å². The third-order valence-electron chi connectivity index (χ3n) is 6.30. The lowest BCUT2D eigenvalue weighted by Crippen LogP contribution is -2.34. The van der Waals surface area contributed by atoms with Crippen LogP contribution in [-0.2, 0) is 11.3 Å². The number of amides is 1. The second-order valence-corrected chi connectivity index (χ2v) is 8.97. The maximum absolute atomic E-state index is 12.5. The Labute approximate surface area is 187 Å². The first-order valence-electron chi connectivity index (χ1n) is 10.7. The number of halogens is 1. The molecule has 2 aliphatic rings. The smallest absolute Gasteiger partial charge is 0.246 e. The molecule has 3 heterocycles. The minimum atomic E-state index is -0.0999. The number of carbonyl (C=O) groups is 1. The molecule has 0 saturated carbocycles. The van der Waals surface area contributed by atoms with Crippen LogP contribution in [0, 0.1) is 5.92 Å². The third-order valence-corrected chi connectivity index (χ3v) is 6.55. The molecule has 0 spiro atoms. The van der Waals surface area contributed by atoms with Gasteiger partial charge in [-0.25, -0.2) is 0 Å². The van der Waals surface area contributed by atoms with Gasteiger partial charge in [-0.15, -0.1) is 0 Å². The quantitative estimate of drug-likeness (QED) is 0.658. The summed E-state index contributed by atoms with van der Waals surface area (Å²) in [4.78, 5) is 17.4. The van der Waals surface area contributed by atoms with Gasteiger partial charge >= 0.3 is 0 Å². The van der Waals surface area contributed by atoms with Gasteiger partial charge < -0.3 is 15.1 Å². The van der Waals surface area contributed by atoms with Crippen molar-refractivity contribution in [2.45, 2.75) is 19.0 Å². The number of fused-ring (bicyclic) bond motifs is 1. The number of hydrogen-bond donors (Lipinski definition) is 1. The predicted molar refractivity (Wildman–Crippen MR) is 124 cm³/mol. The molecule has 3 aromatic rings. The third kappa shape index (κ3) is 4.31. The lowest BCUT2D eigenvalue weighted by molar-refractivity contribution is -0.116. The van der Waals surface area contributed by atoms with Crippen molar-refractivity contribution in [1.82, 2.24) is 14.7 Å². The van der Waals surface area contributed by atoms with E-state index in [-0.39, 0.29) is 12.5 Å². The molecule has 5 rings (SSSR count). The molecule has 0 radical (unpaired) electrons. The zero-order chi connectivity index (χ0) is 21.4. The van der Waals surface area contributed by atoms with E-state index >= 15 is 0 Å². The normalized spacial score (nSPS) is 20.8.